The van der Waals surface area contributed by atoms with Crippen LogP contribution < -0.4 is 0 Å². The van der Waals surface area contributed by atoms with Crippen LogP contribution in [-0.4, -0.2) is 33.7 Å². The van der Waals surface area contributed by atoms with Gasteiger partial charge < -0.3 is 4.90 Å². The highest BCUT2D eigenvalue weighted by atomic mass is 35.5. The van der Waals surface area contributed by atoms with E-state index in [2.05, 4.69) is 6.07 Å². The van der Waals surface area contributed by atoms with Crippen molar-refractivity contribution >= 4 is 17.5 Å². The fourth-order valence-electron chi connectivity index (χ4n) is 3.66. The van der Waals surface area contributed by atoms with Crippen molar-refractivity contribution in [1.29, 1.82) is 5.26 Å². The van der Waals surface area contributed by atoms with Gasteiger partial charge in [0.2, 0.25) is 0 Å². The molecule has 6 heteroatoms. The van der Waals surface area contributed by atoms with Gasteiger partial charge in [-0.2, -0.15) is 10.4 Å². The summed E-state index contributed by atoms with van der Waals surface area (Å²) in [4.78, 5) is 14.2. The number of amides is 1. The molecular weight excluding hydrogens is 384 g/mol. The first-order chi connectivity index (χ1) is 14.0. The molecule has 1 amide bonds. The number of rotatable bonds is 4. The lowest BCUT2D eigenvalue weighted by atomic mass is 10.0. The summed E-state index contributed by atoms with van der Waals surface area (Å²) in [7, 11) is 0. The maximum absolute atomic E-state index is 12.3. The lowest BCUT2D eigenvalue weighted by Gasteiger charge is -2.30. The molecular formula is C23H21ClN4O. The van der Waals surface area contributed by atoms with Gasteiger partial charge in [0.05, 0.1) is 22.8 Å². The molecule has 0 saturated carbocycles. The second-order valence-electron chi connectivity index (χ2n) is 7.35. The first-order valence-electron chi connectivity index (χ1n) is 9.60. The van der Waals surface area contributed by atoms with Gasteiger partial charge in [-0.3, -0.25) is 9.48 Å². The number of halogens is 1. The number of benzene rings is 2. The van der Waals surface area contributed by atoms with E-state index in [1.807, 2.05) is 59.8 Å². The fraction of sp³-hybridized carbons (Fsp3) is 0.261. The Bertz CT molecular complexity index is 1120. The van der Waals surface area contributed by atoms with Crippen molar-refractivity contribution in [2.75, 3.05) is 13.1 Å². The molecule has 0 aliphatic carbocycles. The van der Waals surface area contributed by atoms with E-state index in [9.17, 15) is 4.79 Å². The largest absolute Gasteiger partial charge is 0.339 e. The van der Waals surface area contributed by atoms with Crippen LogP contribution >= 0.6 is 11.6 Å². The third-order valence-electron chi connectivity index (χ3n) is 5.44. The zero-order valence-corrected chi connectivity index (χ0v) is 17.2. The molecule has 2 heterocycles. The van der Waals surface area contributed by atoms with E-state index in [-0.39, 0.29) is 5.91 Å². The molecule has 1 aromatic heterocycles. The second kappa shape index (κ2) is 7.73. The first kappa shape index (κ1) is 19.2. The van der Waals surface area contributed by atoms with Crippen LogP contribution in [0.1, 0.15) is 39.3 Å². The van der Waals surface area contributed by atoms with Crippen LogP contribution in [0.3, 0.4) is 0 Å². The molecule has 1 aliphatic heterocycles. The Balaban J connectivity index is 1.57. The van der Waals surface area contributed by atoms with Crippen molar-refractivity contribution < 1.29 is 4.79 Å². The standard InChI is InChI=1S/C23H21ClN4O/c1-15-22(19-8-9-20(13-25)21(24)12-19)16(2)28(26-15)14-17-4-6-18(7-5-17)23(29)27-10-3-11-27/h4-9,12H,3,10-11,14H2,1-2H3. The Morgan fingerprint density at radius 3 is 2.48 bits per heavy atom. The lowest BCUT2D eigenvalue weighted by molar-refractivity contribution is 0.0652. The number of aromatic nitrogens is 2. The van der Waals surface area contributed by atoms with Gasteiger partial charge in [0.1, 0.15) is 6.07 Å². The predicted octanol–water partition coefficient (Wildman–Crippen LogP) is 4.59. The maximum Gasteiger partial charge on any atom is 0.253 e. The number of hydrogen-bond acceptors (Lipinski definition) is 3. The van der Waals surface area contributed by atoms with E-state index < -0.39 is 0 Å². The van der Waals surface area contributed by atoms with Gasteiger partial charge in [0.25, 0.3) is 5.91 Å². The third-order valence-corrected chi connectivity index (χ3v) is 5.75. The molecule has 146 valence electrons. The molecule has 1 saturated heterocycles. The fourth-order valence-corrected chi connectivity index (χ4v) is 3.88. The molecule has 29 heavy (non-hydrogen) atoms. The van der Waals surface area contributed by atoms with E-state index in [0.29, 0.717) is 17.1 Å². The summed E-state index contributed by atoms with van der Waals surface area (Å²) < 4.78 is 1.96. The second-order valence-corrected chi connectivity index (χ2v) is 7.76. The summed E-state index contributed by atoms with van der Waals surface area (Å²) >= 11 is 6.22. The molecule has 0 N–H and O–H groups in total. The van der Waals surface area contributed by atoms with E-state index >= 15 is 0 Å². The smallest absolute Gasteiger partial charge is 0.253 e. The Kier molecular flexibility index (Phi) is 5.12. The summed E-state index contributed by atoms with van der Waals surface area (Å²) in [6.07, 6.45) is 1.09. The van der Waals surface area contributed by atoms with Crippen molar-refractivity contribution in [3.63, 3.8) is 0 Å². The van der Waals surface area contributed by atoms with Gasteiger partial charge in [-0.05, 0) is 55.7 Å². The number of carbonyl (C=O) groups excluding carboxylic acids is 1. The van der Waals surface area contributed by atoms with Gasteiger partial charge in [0.15, 0.2) is 0 Å². The van der Waals surface area contributed by atoms with E-state index in [1.165, 1.54) is 0 Å². The van der Waals surface area contributed by atoms with Crippen LogP contribution in [0.5, 0.6) is 0 Å². The van der Waals surface area contributed by atoms with Gasteiger partial charge in [-0.25, -0.2) is 0 Å². The Morgan fingerprint density at radius 2 is 1.90 bits per heavy atom. The predicted molar refractivity (Wildman–Crippen MR) is 113 cm³/mol. The van der Waals surface area contributed by atoms with Crippen LogP contribution in [0.15, 0.2) is 42.5 Å². The number of nitrogens with zero attached hydrogens (tertiary/aromatic N) is 4. The molecule has 3 aromatic rings. The first-order valence-corrected chi connectivity index (χ1v) is 9.98. The van der Waals surface area contributed by atoms with Crippen LogP contribution in [0.2, 0.25) is 5.02 Å². The van der Waals surface area contributed by atoms with E-state index in [4.69, 9.17) is 22.0 Å². The molecule has 0 bridgehead atoms. The topological polar surface area (TPSA) is 61.9 Å². The van der Waals surface area contributed by atoms with Gasteiger partial charge >= 0.3 is 0 Å². The average molecular weight is 405 g/mol. The van der Waals surface area contributed by atoms with E-state index in [0.717, 1.165) is 53.2 Å². The molecule has 0 unspecified atom stereocenters. The normalized spacial score (nSPS) is 13.1. The molecule has 2 aromatic carbocycles. The SMILES string of the molecule is Cc1nn(Cc2ccc(C(=O)N3CCC3)cc2)c(C)c1-c1ccc(C#N)c(Cl)c1. The highest BCUT2D eigenvalue weighted by molar-refractivity contribution is 6.32. The molecule has 4 rings (SSSR count). The number of nitriles is 1. The van der Waals surface area contributed by atoms with Crippen LogP contribution in [-0.2, 0) is 6.54 Å². The molecule has 1 fully saturated rings. The molecule has 1 aliphatic rings. The molecule has 0 spiro atoms. The van der Waals surface area contributed by atoms with Crippen LogP contribution in [0.25, 0.3) is 11.1 Å². The molecule has 5 nitrogen and oxygen atoms in total. The minimum atomic E-state index is 0.105. The van der Waals surface area contributed by atoms with Gasteiger partial charge in [-0.15, -0.1) is 0 Å². The monoisotopic (exact) mass is 404 g/mol. The zero-order valence-electron chi connectivity index (χ0n) is 16.4. The number of aryl methyl sites for hydroxylation is 1. The highest BCUT2D eigenvalue weighted by Crippen LogP contribution is 2.30. The summed E-state index contributed by atoms with van der Waals surface area (Å²) in [6.45, 7) is 6.33. The van der Waals surface area contributed by atoms with Crippen LogP contribution in [0, 0.1) is 25.2 Å². The number of hydrogen-bond donors (Lipinski definition) is 0. The summed E-state index contributed by atoms with van der Waals surface area (Å²) in [6, 6.07) is 15.3. The molecule has 0 atom stereocenters. The van der Waals surface area contributed by atoms with Crippen molar-refractivity contribution in [2.24, 2.45) is 0 Å². The summed E-state index contributed by atoms with van der Waals surface area (Å²) in [5, 5.41) is 14.2. The number of carbonyl (C=O) groups is 1. The van der Waals surface area contributed by atoms with Gasteiger partial charge in [-0.1, -0.05) is 29.8 Å². The van der Waals surface area contributed by atoms with Crippen molar-refractivity contribution in [1.82, 2.24) is 14.7 Å². The third kappa shape index (κ3) is 3.64. The average Bonchev–Trinajstić information content (AvgIpc) is 2.94. The Morgan fingerprint density at radius 1 is 1.17 bits per heavy atom. The van der Waals surface area contributed by atoms with Crippen LogP contribution in [0.4, 0.5) is 0 Å². The van der Waals surface area contributed by atoms with Gasteiger partial charge in [0, 0.05) is 29.9 Å². The highest BCUT2D eigenvalue weighted by Gasteiger charge is 2.21. The summed E-state index contributed by atoms with van der Waals surface area (Å²) in [5.41, 5.74) is 6.20. The molecule has 0 radical (unpaired) electrons. The van der Waals surface area contributed by atoms with Crippen molar-refractivity contribution in [2.45, 2.75) is 26.8 Å². The lowest BCUT2D eigenvalue weighted by Crippen LogP contribution is -2.41. The van der Waals surface area contributed by atoms with Crippen molar-refractivity contribution in [3.05, 3.63) is 75.6 Å². The quantitative estimate of drug-likeness (QED) is 0.639. The maximum atomic E-state index is 12.3. The minimum absolute atomic E-state index is 0.105. The Labute approximate surface area is 175 Å². The Hall–Kier alpha value is -3.10. The van der Waals surface area contributed by atoms with E-state index in [1.54, 1.807) is 6.07 Å². The number of likely N-dealkylation sites (tertiary alicyclic amines) is 1. The van der Waals surface area contributed by atoms with Crippen molar-refractivity contribution in [3.8, 4) is 17.2 Å². The zero-order chi connectivity index (χ0) is 20.5. The summed E-state index contributed by atoms with van der Waals surface area (Å²) in [5.74, 6) is 0.105. The minimum Gasteiger partial charge on any atom is -0.339 e.